The summed E-state index contributed by atoms with van der Waals surface area (Å²) in [5.74, 6) is 0.565. The molecule has 1 aliphatic rings. The largest absolute Gasteiger partial charge is 0.450 e. The zero-order valence-electron chi connectivity index (χ0n) is 8.59. The summed E-state index contributed by atoms with van der Waals surface area (Å²) >= 11 is 0. The van der Waals surface area contributed by atoms with Gasteiger partial charge in [0.1, 0.15) is 0 Å². The van der Waals surface area contributed by atoms with E-state index in [9.17, 15) is 4.79 Å². The first-order valence-corrected chi connectivity index (χ1v) is 5.02. The molecule has 2 rings (SSSR count). The number of aromatic nitrogens is 2. The average Bonchev–Trinajstić information content (AvgIpc) is 2.62. The van der Waals surface area contributed by atoms with Crippen LogP contribution in [0.5, 0.6) is 0 Å². The molecule has 0 radical (unpaired) electrons. The predicted octanol–water partition coefficient (Wildman–Crippen LogP) is 0.624. The lowest BCUT2D eigenvalue weighted by atomic mass is 10.1. The molecule has 82 valence electrons. The zero-order chi connectivity index (χ0) is 10.7. The molecule has 1 amide bonds. The van der Waals surface area contributed by atoms with Gasteiger partial charge in [-0.15, -0.1) is 0 Å². The Kier molecular flexibility index (Phi) is 2.86. The number of nitrogens with zero attached hydrogens (tertiary/aromatic N) is 1. The van der Waals surface area contributed by atoms with Crippen molar-refractivity contribution in [2.75, 3.05) is 18.5 Å². The fraction of sp³-hybridized carbons (Fsp3) is 0.556. The zero-order valence-corrected chi connectivity index (χ0v) is 8.59. The molecule has 0 spiro atoms. The van der Waals surface area contributed by atoms with Crippen molar-refractivity contribution in [3.8, 4) is 0 Å². The van der Waals surface area contributed by atoms with Crippen LogP contribution in [0.3, 0.4) is 0 Å². The molecule has 6 heteroatoms. The van der Waals surface area contributed by atoms with E-state index in [1.807, 2.05) is 0 Å². The number of fused-ring (bicyclic) bond motifs is 1. The van der Waals surface area contributed by atoms with Crippen LogP contribution in [0.25, 0.3) is 0 Å². The van der Waals surface area contributed by atoms with Gasteiger partial charge in [-0.05, 0) is 6.92 Å². The van der Waals surface area contributed by atoms with Crippen molar-refractivity contribution < 1.29 is 9.53 Å². The first-order chi connectivity index (χ1) is 7.31. The second-order valence-corrected chi connectivity index (χ2v) is 3.30. The quantitative estimate of drug-likeness (QED) is 0.668. The number of anilines is 1. The van der Waals surface area contributed by atoms with Crippen LogP contribution in [-0.4, -0.2) is 29.4 Å². The van der Waals surface area contributed by atoms with Gasteiger partial charge in [0.25, 0.3) is 0 Å². The molecule has 6 nitrogen and oxygen atoms in total. The highest BCUT2D eigenvalue weighted by Gasteiger charge is 2.17. The molecule has 0 aliphatic carbocycles. The van der Waals surface area contributed by atoms with Gasteiger partial charge in [-0.2, -0.15) is 5.10 Å². The van der Waals surface area contributed by atoms with Crippen LogP contribution < -0.4 is 10.6 Å². The molecule has 1 aliphatic heterocycles. The van der Waals surface area contributed by atoms with Gasteiger partial charge in [0.15, 0.2) is 5.82 Å². The highest BCUT2D eigenvalue weighted by molar-refractivity contribution is 5.84. The van der Waals surface area contributed by atoms with E-state index in [2.05, 4.69) is 20.8 Å². The Morgan fingerprint density at radius 1 is 1.67 bits per heavy atom. The number of aromatic amines is 1. The third kappa shape index (κ3) is 2.10. The lowest BCUT2D eigenvalue weighted by Gasteiger charge is -2.12. The maximum Gasteiger partial charge on any atom is 0.412 e. The topological polar surface area (TPSA) is 79.0 Å². The Hall–Kier alpha value is -1.56. The first kappa shape index (κ1) is 9.97. The van der Waals surface area contributed by atoms with Crippen LogP contribution in [0.2, 0.25) is 0 Å². The lowest BCUT2D eigenvalue weighted by molar-refractivity contribution is 0.168. The summed E-state index contributed by atoms with van der Waals surface area (Å²) in [6.07, 6.45) is 0.449. The highest BCUT2D eigenvalue weighted by atomic mass is 16.5. The maximum absolute atomic E-state index is 11.2. The third-order valence-electron chi connectivity index (χ3n) is 2.30. The summed E-state index contributed by atoms with van der Waals surface area (Å²) < 4.78 is 4.78. The van der Waals surface area contributed by atoms with Crippen molar-refractivity contribution in [2.24, 2.45) is 0 Å². The lowest BCUT2D eigenvalue weighted by Crippen LogP contribution is -2.24. The molecule has 0 saturated carbocycles. The van der Waals surface area contributed by atoms with Crippen molar-refractivity contribution >= 4 is 11.9 Å². The SMILES string of the molecule is CCOC(=O)Nc1n[nH]c2c1CNCC2. The summed E-state index contributed by atoms with van der Waals surface area (Å²) in [5, 5.41) is 12.8. The van der Waals surface area contributed by atoms with Crippen molar-refractivity contribution in [1.82, 2.24) is 15.5 Å². The number of amides is 1. The normalized spacial score (nSPS) is 14.5. The minimum atomic E-state index is -0.461. The first-order valence-electron chi connectivity index (χ1n) is 5.02. The predicted molar refractivity (Wildman–Crippen MR) is 54.6 cm³/mol. The Labute approximate surface area is 87.4 Å². The second-order valence-electron chi connectivity index (χ2n) is 3.30. The molecule has 0 fully saturated rings. The van der Waals surface area contributed by atoms with Crippen LogP contribution >= 0.6 is 0 Å². The minimum absolute atomic E-state index is 0.358. The number of carbonyl (C=O) groups excluding carboxylic acids is 1. The molecule has 1 aromatic rings. The fourth-order valence-electron chi connectivity index (χ4n) is 1.59. The van der Waals surface area contributed by atoms with E-state index in [4.69, 9.17) is 4.74 Å². The average molecular weight is 210 g/mol. The summed E-state index contributed by atoms with van der Waals surface area (Å²) in [7, 11) is 0. The fourth-order valence-corrected chi connectivity index (χ4v) is 1.59. The van der Waals surface area contributed by atoms with Crippen LogP contribution in [0, 0.1) is 0 Å². The van der Waals surface area contributed by atoms with Crippen LogP contribution in [0.1, 0.15) is 18.2 Å². The Balaban J connectivity index is 2.08. The number of H-pyrrole nitrogens is 1. The monoisotopic (exact) mass is 210 g/mol. The Morgan fingerprint density at radius 3 is 3.33 bits per heavy atom. The third-order valence-corrected chi connectivity index (χ3v) is 2.30. The van der Waals surface area contributed by atoms with Crippen LogP contribution in [0.4, 0.5) is 10.6 Å². The van der Waals surface area contributed by atoms with Gasteiger partial charge >= 0.3 is 6.09 Å². The van der Waals surface area contributed by atoms with Crippen LogP contribution in [0.15, 0.2) is 0 Å². The molecule has 2 heterocycles. The van der Waals surface area contributed by atoms with Crippen molar-refractivity contribution in [2.45, 2.75) is 19.9 Å². The number of hydrogen-bond donors (Lipinski definition) is 3. The van der Waals surface area contributed by atoms with Gasteiger partial charge in [-0.1, -0.05) is 0 Å². The van der Waals surface area contributed by atoms with E-state index < -0.39 is 6.09 Å². The molecular formula is C9H14N4O2. The van der Waals surface area contributed by atoms with Gasteiger partial charge < -0.3 is 10.1 Å². The molecule has 15 heavy (non-hydrogen) atoms. The van der Waals surface area contributed by atoms with Crippen molar-refractivity contribution in [3.63, 3.8) is 0 Å². The second kappa shape index (κ2) is 4.31. The van der Waals surface area contributed by atoms with E-state index >= 15 is 0 Å². The maximum atomic E-state index is 11.2. The van der Waals surface area contributed by atoms with Gasteiger partial charge in [-0.3, -0.25) is 10.4 Å². The van der Waals surface area contributed by atoms with E-state index in [0.717, 1.165) is 30.8 Å². The van der Waals surface area contributed by atoms with Gasteiger partial charge in [0.05, 0.1) is 6.61 Å². The number of nitrogens with one attached hydrogen (secondary N) is 3. The molecule has 1 aromatic heterocycles. The summed E-state index contributed by atoms with van der Waals surface area (Å²) in [4.78, 5) is 11.2. The van der Waals surface area contributed by atoms with Crippen molar-refractivity contribution in [3.05, 3.63) is 11.3 Å². The van der Waals surface area contributed by atoms with E-state index in [1.165, 1.54) is 0 Å². The smallest absolute Gasteiger partial charge is 0.412 e. The Morgan fingerprint density at radius 2 is 2.53 bits per heavy atom. The number of rotatable bonds is 2. The van der Waals surface area contributed by atoms with E-state index in [0.29, 0.717) is 12.4 Å². The molecule has 0 bridgehead atoms. The van der Waals surface area contributed by atoms with Gasteiger partial charge in [0.2, 0.25) is 0 Å². The molecule has 0 aromatic carbocycles. The summed E-state index contributed by atoms with van der Waals surface area (Å²) in [6, 6.07) is 0. The number of hydrogen-bond acceptors (Lipinski definition) is 4. The number of carbonyl (C=O) groups is 1. The van der Waals surface area contributed by atoms with Crippen LogP contribution in [-0.2, 0) is 17.7 Å². The molecular weight excluding hydrogens is 196 g/mol. The number of ether oxygens (including phenoxy) is 1. The molecule has 3 N–H and O–H groups in total. The minimum Gasteiger partial charge on any atom is -0.450 e. The molecule has 0 atom stereocenters. The highest BCUT2D eigenvalue weighted by Crippen LogP contribution is 2.19. The van der Waals surface area contributed by atoms with E-state index in [-0.39, 0.29) is 0 Å². The summed E-state index contributed by atoms with van der Waals surface area (Å²) in [6.45, 7) is 3.79. The van der Waals surface area contributed by atoms with Crippen molar-refractivity contribution in [1.29, 1.82) is 0 Å². The molecule has 0 unspecified atom stereocenters. The summed E-state index contributed by atoms with van der Waals surface area (Å²) in [5.41, 5.74) is 2.11. The molecule has 0 saturated heterocycles. The Bertz CT molecular complexity index is 361. The van der Waals surface area contributed by atoms with Gasteiger partial charge in [-0.25, -0.2) is 4.79 Å². The standard InChI is InChI=1S/C9H14N4O2/c1-2-15-9(14)11-8-6-5-10-4-3-7(6)12-13-8/h10H,2-5H2,1H3,(H2,11,12,13,14). The van der Waals surface area contributed by atoms with E-state index in [1.54, 1.807) is 6.92 Å². The van der Waals surface area contributed by atoms with Gasteiger partial charge in [0, 0.05) is 30.8 Å².